The van der Waals surface area contributed by atoms with Crippen LogP contribution in [-0.2, 0) is 9.84 Å². The molecule has 0 spiro atoms. The SMILES string of the molecule is CCNC(CS(=O)(=O)CC)c1ccccc1OCC. The molecule has 1 atom stereocenters. The summed E-state index contributed by atoms with van der Waals surface area (Å²) in [4.78, 5) is 0. The van der Waals surface area contributed by atoms with E-state index < -0.39 is 9.84 Å². The molecule has 19 heavy (non-hydrogen) atoms. The number of sulfone groups is 1. The molecule has 0 radical (unpaired) electrons. The first-order chi connectivity index (χ1) is 9.04. The van der Waals surface area contributed by atoms with Gasteiger partial charge in [-0.3, -0.25) is 0 Å². The molecule has 0 aliphatic heterocycles. The number of rotatable bonds is 8. The summed E-state index contributed by atoms with van der Waals surface area (Å²) in [6.07, 6.45) is 0. The van der Waals surface area contributed by atoms with Gasteiger partial charge in [-0.25, -0.2) is 8.42 Å². The molecular weight excluding hydrogens is 262 g/mol. The minimum absolute atomic E-state index is 0.0986. The third kappa shape index (κ3) is 4.84. The van der Waals surface area contributed by atoms with Crippen LogP contribution in [0.4, 0.5) is 0 Å². The molecule has 1 rings (SSSR count). The van der Waals surface area contributed by atoms with Gasteiger partial charge >= 0.3 is 0 Å². The first-order valence-corrected chi connectivity index (χ1v) is 8.51. The number of benzene rings is 1. The van der Waals surface area contributed by atoms with E-state index in [4.69, 9.17) is 4.74 Å². The number of nitrogens with one attached hydrogen (secondary N) is 1. The van der Waals surface area contributed by atoms with Crippen molar-refractivity contribution in [2.45, 2.75) is 26.8 Å². The molecular formula is C14H23NO3S. The van der Waals surface area contributed by atoms with E-state index in [-0.39, 0.29) is 17.5 Å². The number of ether oxygens (including phenoxy) is 1. The van der Waals surface area contributed by atoms with Crippen molar-refractivity contribution >= 4 is 9.84 Å². The molecule has 108 valence electrons. The monoisotopic (exact) mass is 285 g/mol. The molecule has 0 saturated heterocycles. The predicted octanol–water partition coefficient (Wildman–Crippen LogP) is 2.17. The van der Waals surface area contributed by atoms with Gasteiger partial charge < -0.3 is 10.1 Å². The van der Waals surface area contributed by atoms with Crippen LogP contribution in [0.2, 0.25) is 0 Å². The minimum atomic E-state index is -3.04. The summed E-state index contributed by atoms with van der Waals surface area (Å²) >= 11 is 0. The summed E-state index contributed by atoms with van der Waals surface area (Å²) in [7, 11) is -3.04. The Labute approximate surface area is 116 Å². The van der Waals surface area contributed by atoms with Gasteiger partial charge in [0.1, 0.15) is 5.75 Å². The Morgan fingerprint density at radius 3 is 2.47 bits per heavy atom. The van der Waals surface area contributed by atoms with Gasteiger partial charge in [-0.2, -0.15) is 0 Å². The van der Waals surface area contributed by atoms with Crippen LogP contribution in [0.25, 0.3) is 0 Å². The standard InChI is InChI=1S/C14H23NO3S/c1-4-15-13(11-19(16,17)6-3)12-9-7-8-10-14(12)18-5-2/h7-10,13,15H,4-6,11H2,1-3H3. The highest BCUT2D eigenvalue weighted by molar-refractivity contribution is 7.91. The zero-order chi connectivity index (χ0) is 14.3. The fourth-order valence-electron chi connectivity index (χ4n) is 1.93. The van der Waals surface area contributed by atoms with Gasteiger partial charge in [0.25, 0.3) is 0 Å². The second-order valence-corrected chi connectivity index (χ2v) is 6.68. The van der Waals surface area contributed by atoms with E-state index in [9.17, 15) is 8.42 Å². The molecule has 1 N–H and O–H groups in total. The molecule has 0 amide bonds. The van der Waals surface area contributed by atoms with Gasteiger partial charge in [0, 0.05) is 17.4 Å². The van der Waals surface area contributed by atoms with Crippen molar-refractivity contribution in [3.63, 3.8) is 0 Å². The molecule has 0 aliphatic carbocycles. The lowest BCUT2D eigenvalue weighted by Crippen LogP contribution is -2.29. The van der Waals surface area contributed by atoms with Crippen LogP contribution in [-0.4, -0.2) is 33.1 Å². The Morgan fingerprint density at radius 2 is 1.89 bits per heavy atom. The number of para-hydroxylation sites is 1. The molecule has 0 fully saturated rings. The van der Waals surface area contributed by atoms with Crippen LogP contribution in [0.1, 0.15) is 32.4 Å². The van der Waals surface area contributed by atoms with Gasteiger partial charge in [-0.15, -0.1) is 0 Å². The highest BCUT2D eigenvalue weighted by atomic mass is 32.2. The van der Waals surface area contributed by atoms with Crippen molar-refractivity contribution in [2.75, 3.05) is 24.7 Å². The quantitative estimate of drug-likeness (QED) is 0.795. The smallest absolute Gasteiger partial charge is 0.151 e. The van der Waals surface area contributed by atoms with E-state index in [1.165, 1.54) is 0 Å². The van der Waals surface area contributed by atoms with Crippen molar-refractivity contribution in [3.05, 3.63) is 29.8 Å². The fourth-order valence-corrected chi connectivity index (χ4v) is 2.97. The maximum Gasteiger partial charge on any atom is 0.151 e. The van der Waals surface area contributed by atoms with Crippen molar-refractivity contribution in [2.24, 2.45) is 0 Å². The zero-order valence-electron chi connectivity index (χ0n) is 11.8. The van der Waals surface area contributed by atoms with Crippen molar-refractivity contribution < 1.29 is 13.2 Å². The van der Waals surface area contributed by atoms with Gasteiger partial charge in [-0.1, -0.05) is 32.0 Å². The van der Waals surface area contributed by atoms with Gasteiger partial charge in [0.15, 0.2) is 9.84 Å². The molecule has 5 heteroatoms. The lowest BCUT2D eigenvalue weighted by molar-refractivity contribution is 0.333. The Balaban J connectivity index is 3.05. The molecule has 0 saturated carbocycles. The van der Waals surface area contributed by atoms with Gasteiger partial charge in [0.05, 0.1) is 12.4 Å². The molecule has 0 heterocycles. The minimum Gasteiger partial charge on any atom is -0.494 e. The highest BCUT2D eigenvalue weighted by Gasteiger charge is 2.21. The van der Waals surface area contributed by atoms with Crippen LogP contribution in [0.5, 0.6) is 5.75 Å². The summed E-state index contributed by atoms with van der Waals surface area (Å²) in [6.45, 7) is 6.84. The summed E-state index contributed by atoms with van der Waals surface area (Å²) < 4.78 is 29.3. The first-order valence-electron chi connectivity index (χ1n) is 6.69. The molecule has 4 nitrogen and oxygen atoms in total. The second-order valence-electron chi connectivity index (χ2n) is 4.28. The maximum atomic E-state index is 11.8. The van der Waals surface area contributed by atoms with Crippen molar-refractivity contribution in [1.82, 2.24) is 5.32 Å². The second kappa shape index (κ2) is 7.50. The Morgan fingerprint density at radius 1 is 1.21 bits per heavy atom. The topological polar surface area (TPSA) is 55.4 Å². The zero-order valence-corrected chi connectivity index (χ0v) is 12.7. The summed E-state index contributed by atoms with van der Waals surface area (Å²) in [5.74, 6) is 1.01. The molecule has 0 aromatic heterocycles. The van der Waals surface area contributed by atoms with E-state index in [1.54, 1.807) is 6.92 Å². The van der Waals surface area contributed by atoms with Gasteiger partial charge in [0.2, 0.25) is 0 Å². The van der Waals surface area contributed by atoms with E-state index in [0.717, 1.165) is 11.3 Å². The molecule has 1 aromatic carbocycles. The third-order valence-electron chi connectivity index (χ3n) is 2.91. The Kier molecular flexibility index (Phi) is 6.31. The molecule has 1 unspecified atom stereocenters. The maximum absolute atomic E-state index is 11.8. The highest BCUT2D eigenvalue weighted by Crippen LogP contribution is 2.26. The van der Waals surface area contributed by atoms with Crippen LogP contribution < -0.4 is 10.1 Å². The predicted molar refractivity (Wildman–Crippen MR) is 78.4 cm³/mol. The van der Waals surface area contributed by atoms with Crippen LogP contribution in [0, 0.1) is 0 Å². The van der Waals surface area contributed by atoms with Crippen LogP contribution >= 0.6 is 0 Å². The van der Waals surface area contributed by atoms with Crippen LogP contribution in [0.3, 0.4) is 0 Å². The van der Waals surface area contributed by atoms with Crippen molar-refractivity contribution in [1.29, 1.82) is 0 Å². The summed E-state index contributed by atoms with van der Waals surface area (Å²) in [5, 5.41) is 3.23. The normalized spacial score (nSPS) is 13.2. The first kappa shape index (κ1) is 16.0. The molecule has 0 aliphatic rings. The largest absolute Gasteiger partial charge is 0.494 e. The summed E-state index contributed by atoms with van der Waals surface area (Å²) in [5.41, 5.74) is 0.906. The number of hydrogen-bond acceptors (Lipinski definition) is 4. The molecule has 0 bridgehead atoms. The van der Waals surface area contributed by atoms with Crippen LogP contribution in [0.15, 0.2) is 24.3 Å². The lowest BCUT2D eigenvalue weighted by atomic mass is 10.1. The Hall–Kier alpha value is -1.07. The van der Waals surface area contributed by atoms with Crippen molar-refractivity contribution in [3.8, 4) is 5.75 Å². The lowest BCUT2D eigenvalue weighted by Gasteiger charge is -2.21. The van der Waals surface area contributed by atoms with E-state index in [1.807, 2.05) is 38.1 Å². The number of hydrogen-bond donors (Lipinski definition) is 1. The Bertz CT molecular complexity index is 485. The average Bonchev–Trinajstić information content (AvgIpc) is 2.39. The third-order valence-corrected chi connectivity index (χ3v) is 4.63. The van der Waals surface area contributed by atoms with Gasteiger partial charge in [-0.05, 0) is 19.5 Å². The summed E-state index contributed by atoms with van der Waals surface area (Å²) in [6, 6.07) is 7.37. The fraction of sp³-hybridized carbons (Fsp3) is 0.571. The van der Waals surface area contributed by atoms with E-state index in [0.29, 0.717) is 13.2 Å². The van der Waals surface area contributed by atoms with E-state index >= 15 is 0 Å². The molecule has 1 aromatic rings. The average molecular weight is 285 g/mol. The van der Waals surface area contributed by atoms with E-state index in [2.05, 4.69) is 5.32 Å².